The summed E-state index contributed by atoms with van der Waals surface area (Å²) in [6, 6.07) is 11.1. The molecule has 29 heavy (non-hydrogen) atoms. The minimum absolute atomic E-state index is 0.0397. The highest BCUT2D eigenvalue weighted by atomic mass is 16.4. The Balaban J connectivity index is 1.75. The Bertz CT molecular complexity index is 1290. The summed E-state index contributed by atoms with van der Waals surface area (Å²) < 4.78 is 56.8. The lowest BCUT2D eigenvalue weighted by Crippen LogP contribution is -2.22. The van der Waals surface area contributed by atoms with Crippen molar-refractivity contribution < 1.29 is 24.6 Å². The van der Waals surface area contributed by atoms with Crippen LogP contribution in [0.5, 0.6) is 0 Å². The molecule has 0 aromatic heterocycles. The van der Waals surface area contributed by atoms with Crippen LogP contribution in [0.25, 0.3) is 11.1 Å². The monoisotopic (exact) mass is 396 g/mol. The Morgan fingerprint density at radius 2 is 2.03 bits per heavy atom. The molecular formula is C25H27NO3. The first-order valence-electron chi connectivity index (χ1n) is 12.8. The summed E-state index contributed by atoms with van der Waals surface area (Å²) >= 11 is 0. The van der Waals surface area contributed by atoms with Crippen LogP contribution in [0.4, 0.5) is 0 Å². The van der Waals surface area contributed by atoms with Gasteiger partial charge in [0.2, 0.25) is 0 Å². The number of aliphatic hydroxyl groups is 1. The van der Waals surface area contributed by atoms with Gasteiger partial charge in [-0.25, -0.2) is 4.79 Å². The first kappa shape index (κ1) is 13.3. The van der Waals surface area contributed by atoms with E-state index in [9.17, 15) is 15.0 Å². The van der Waals surface area contributed by atoms with Crippen molar-refractivity contribution in [2.75, 3.05) is 13.0 Å². The van der Waals surface area contributed by atoms with Crippen LogP contribution in [0.3, 0.4) is 0 Å². The predicted octanol–water partition coefficient (Wildman–Crippen LogP) is 4.62. The molecule has 0 heterocycles. The van der Waals surface area contributed by atoms with Gasteiger partial charge < -0.3 is 15.5 Å². The van der Waals surface area contributed by atoms with E-state index in [1.165, 1.54) is 6.07 Å². The number of carboxylic acids is 1. The molecule has 1 atom stereocenters. The molecule has 3 aromatic carbocycles. The fourth-order valence-corrected chi connectivity index (χ4v) is 2.87. The van der Waals surface area contributed by atoms with Crippen molar-refractivity contribution in [3.63, 3.8) is 0 Å². The zero-order valence-corrected chi connectivity index (χ0v) is 16.0. The van der Waals surface area contributed by atoms with Crippen molar-refractivity contribution in [1.82, 2.24) is 5.32 Å². The van der Waals surface area contributed by atoms with Crippen LogP contribution >= 0.6 is 0 Å². The average molecular weight is 397 g/mol. The molecule has 0 fully saturated rings. The standard InChI is InChI=1S/C25H27NO3/c1-18-6-2-11-22(14-18)24(27)17-26-13-5-8-19-7-3-9-20(15-19)21-10-4-12-23(16-21)25(28)29/h2-4,6-7,9-12,14-16,24,26-27H,5,8,13,17H2,1H3,(H,28,29)/t24-/m0/s1/i4D,10D,12D,16D,17D2,24D. The molecule has 150 valence electrons. The number of carbonyl (C=O) groups is 1. The number of aryl methyl sites for hydroxylation is 2. The molecule has 0 aliphatic carbocycles. The molecule has 0 aliphatic rings. The van der Waals surface area contributed by atoms with E-state index in [2.05, 4.69) is 5.32 Å². The molecule has 3 rings (SSSR count). The highest BCUT2D eigenvalue weighted by Crippen LogP contribution is 2.22. The molecule has 0 bridgehead atoms. The zero-order chi connectivity index (χ0) is 26.8. The van der Waals surface area contributed by atoms with Crippen molar-refractivity contribution >= 4 is 5.97 Å². The van der Waals surface area contributed by atoms with Gasteiger partial charge in [-0.15, -0.1) is 0 Å². The molecule has 3 aromatic rings. The maximum atomic E-state index is 11.5. The molecule has 4 nitrogen and oxygen atoms in total. The summed E-state index contributed by atoms with van der Waals surface area (Å²) in [5.41, 5.74) is 1.42. The second-order valence-electron chi connectivity index (χ2n) is 6.63. The van der Waals surface area contributed by atoms with Crippen molar-refractivity contribution in [3.05, 3.63) is 95.0 Å². The minimum Gasteiger partial charge on any atom is -0.478 e. The number of rotatable bonds is 9. The molecule has 0 saturated carbocycles. The first-order valence-corrected chi connectivity index (χ1v) is 9.25. The van der Waals surface area contributed by atoms with E-state index in [0.29, 0.717) is 18.4 Å². The van der Waals surface area contributed by atoms with Crippen LogP contribution in [0.15, 0.2) is 72.7 Å². The number of hydrogen-bond acceptors (Lipinski definition) is 3. The summed E-state index contributed by atoms with van der Waals surface area (Å²) in [7, 11) is 0. The summed E-state index contributed by atoms with van der Waals surface area (Å²) in [5, 5.41) is 22.6. The van der Waals surface area contributed by atoms with E-state index in [0.717, 1.165) is 11.1 Å². The summed E-state index contributed by atoms with van der Waals surface area (Å²) in [4.78, 5) is 11.5. The molecule has 0 aliphatic heterocycles. The van der Waals surface area contributed by atoms with Crippen molar-refractivity contribution in [1.29, 1.82) is 0 Å². The second-order valence-corrected chi connectivity index (χ2v) is 6.63. The molecule has 0 saturated heterocycles. The molecule has 4 heteroatoms. The molecule has 3 N–H and O–H groups in total. The Labute approximate surface area is 181 Å². The zero-order valence-electron chi connectivity index (χ0n) is 23.0. The normalized spacial score (nSPS) is 17.0. The van der Waals surface area contributed by atoms with E-state index < -0.39 is 48.3 Å². The lowest BCUT2D eigenvalue weighted by atomic mass is 9.99. The van der Waals surface area contributed by atoms with Gasteiger partial charge in [-0.2, -0.15) is 0 Å². The predicted molar refractivity (Wildman–Crippen MR) is 116 cm³/mol. The quantitative estimate of drug-likeness (QED) is 0.462. The van der Waals surface area contributed by atoms with Gasteiger partial charge in [0.15, 0.2) is 0 Å². The summed E-state index contributed by atoms with van der Waals surface area (Å²) in [6.45, 7) is -0.498. The van der Waals surface area contributed by atoms with Gasteiger partial charge in [0.25, 0.3) is 0 Å². The van der Waals surface area contributed by atoms with Gasteiger partial charge >= 0.3 is 5.97 Å². The smallest absolute Gasteiger partial charge is 0.335 e. The highest BCUT2D eigenvalue weighted by Gasteiger charge is 2.07. The van der Waals surface area contributed by atoms with Gasteiger partial charge in [0.05, 0.1) is 18.5 Å². The Hall–Kier alpha value is -2.95. The third-order valence-electron chi connectivity index (χ3n) is 4.32. The molecule has 0 unspecified atom stereocenters. The topological polar surface area (TPSA) is 69.6 Å². The number of benzene rings is 3. The van der Waals surface area contributed by atoms with Crippen molar-refractivity contribution in [2.24, 2.45) is 0 Å². The van der Waals surface area contributed by atoms with Gasteiger partial charge in [0.1, 0.15) is 0 Å². The van der Waals surface area contributed by atoms with Crippen LogP contribution in [0, 0.1) is 6.92 Å². The minimum atomic E-state index is -2.51. The van der Waals surface area contributed by atoms with E-state index in [4.69, 9.17) is 9.60 Å². The third-order valence-corrected chi connectivity index (χ3v) is 4.32. The van der Waals surface area contributed by atoms with Crippen LogP contribution in [-0.2, 0) is 6.42 Å². The molecule has 0 spiro atoms. The Kier molecular flexibility index (Phi) is 4.59. The number of hydrogen-bond donors (Lipinski definition) is 3. The summed E-state index contributed by atoms with van der Waals surface area (Å²) in [6.07, 6.45) is -1.62. The van der Waals surface area contributed by atoms with E-state index in [1.54, 1.807) is 49.4 Å². The van der Waals surface area contributed by atoms with Crippen LogP contribution in [-0.4, -0.2) is 29.2 Å². The van der Waals surface area contributed by atoms with Crippen LogP contribution in [0.2, 0.25) is 0 Å². The van der Waals surface area contributed by atoms with Crippen LogP contribution < -0.4 is 5.32 Å². The SMILES string of the molecule is [2H]c1c([2H])c(C(=O)O)c([2H])c(-c2cccc(CCCNC([2H])([2H])[C@]([2H])(O)c3cccc(C)c3)c2)c1[2H]. The number of carboxylic acid groups (broad SMARTS) is 1. The lowest BCUT2D eigenvalue weighted by Gasteiger charge is -2.13. The van der Waals surface area contributed by atoms with Gasteiger partial charge in [-0.1, -0.05) is 66.2 Å². The fourth-order valence-electron chi connectivity index (χ4n) is 2.87. The van der Waals surface area contributed by atoms with E-state index >= 15 is 0 Å². The third kappa shape index (κ3) is 6.01. The van der Waals surface area contributed by atoms with Gasteiger partial charge in [-0.05, 0) is 60.6 Å². The van der Waals surface area contributed by atoms with Gasteiger partial charge in [0, 0.05) is 9.24 Å². The van der Waals surface area contributed by atoms with E-state index in [-0.39, 0.29) is 17.7 Å². The van der Waals surface area contributed by atoms with Crippen molar-refractivity contribution in [3.8, 4) is 11.1 Å². The number of aromatic carboxylic acids is 1. The lowest BCUT2D eigenvalue weighted by molar-refractivity contribution is 0.0697. The van der Waals surface area contributed by atoms with Crippen LogP contribution in [0.1, 0.15) is 49.1 Å². The second kappa shape index (κ2) is 10.0. The number of nitrogens with one attached hydrogen (secondary N) is 1. The average Bonchev–Trinajstić information content (AvgIpc) is 2.80. The van der Waals surface area contributed by atoms with Gasteiger partial charge in [-0.3, -0.25) is 0 Å². The largest absolute Gasteiger partial charge is 0.478 e. The summed E-state index contributed by atoms with van der Waals surface area (Å²) in [5.74, 6) is -1.50. The maximum Gasteiger partial charge on any atom is 0.335 e. The maximum absolute atomic E-state index is 11.5. The Morgan fingerprint density at radius 3 is 2.83 bits per heavy atom. The fraction of sp³-hybridized carbons (Fsp3) is 0.240. The Morgan fingerprint density at radius 1 is 1.21 bits per heavy atom. The molecule has 0 radical (unpaired) electrons. The highest BCUT2D eigenvalue weighted by molar-refractivity contribution is 5.89. The first-order chi connectivity index (χ1) is 16.8. The molecular weight excluding hydrogens is 362 g/mol. The van der Waals surface area contributed by atoms with Crippen molar-refractivity contribution in [2.45, 2.75) is 25.8 Å². The molecule has 0 amide bonds. The van der Waals surface area contributed by atoms with E-state index in [1.807, 2.05) is 0 Å².